The minimum absolute atomic E-state index is 0.0329. The van der Waals surface area contributed by atoms with Gasteiger partial charge in [0, 0.05) is 17.6 Å². The van der Waals surface area contributed by atoms with Gasteiger partial charge in [-0.3, -0.25) is 4.79 Å². The van der Waals surface area contributed by atoms with E-state index in [0.29, 0.717) is 41.9 Å². The van der Waals surface area contributed by atoms with Crippen LogP contribution in [0.25, 0.3) is 0 Å². The normalized spacial score (nSPS) is 19.1. The molecule has 2 aliphatic carbocycles. The van der Waals surface area contributed by atoms with Crippen LogP contribution in [0.4, 0.5) is 0 Å². The number of hydrogen-bond acceptors (Lipinski definition) is 5. The van der Waals surface area contributed by atoms with Gasteiger partial charge in [-0.05, 0) is 57.8 Å². The summed E-state index contributed by atoms with van der Waals surface area (Å²) >= 11 is 0. The first-order valence-electron chi connectivity index (χ1n) is 11.8. The van der Waals surface area contributed by atoms with Crippen molar-refractivity contribution in [3.63, 3.8) is 0 Å². The maximum Gasteiger partial charge on any atom is 0.251 e. The Bertz CT molecular complexity index is 697. The van der Waals surface area contributed by atoms with Gasteiger partial charge in [0.05, 0.1) is 20.8 Å². The molecular weight excluding hydrogens is 392 g/mol. The van der Waals surface area contributed by atoms with Crippen molar-refractivity contribution in [2.45, 2.75) is 69.7 Å². The molecule has 0 heterocycles. The number of nitrogens with zero attached hydrogens (tertiary/aromatic N) is 1. The van der Waals surface area contributed by atoms with Crippen molar-refractivity contribution in [2.24, 2.45) is 5.92 Å². The van der Waals surface area contributed by atoms with Crippen molar-refractivity contribution in [1.29, 1.82) is 0 Å². The number of carbonyl (C=O) groups excluding carboxylic acids is 1. The van der Waals surface area contributed by atoms with E-state index in [9.17, 15) is 4.79 Å². The maximum atomic E-state index is 13.0. The van der Waals surface area contributed by atoms with Gasteiger partial charge in [-0.1, -0.05) is 38.5 Å². The Balaban J connectivity index is 1.70. The fourth-order valence-electron chi connectivity index (χ4n) is 5.05. The van der Waals surface area contributed by atoms with E-state index in [-0.39, 0.29) is 11.4 Å². The molecule has 1 N–H and O–H groups in total. The van der Waals surface area contributed by atoms with Crippen LogP contribution in [0.1, 0.15) is 74.6 Å². The fraction of sp³-hybridized carbons (Fsp3) is 0.720. The molecule has 3 rings (SSSR count). The second kappa shape index (κ2) is 11.1. The van der Waals surface area contributed by atoms with Gasteiger partial charge in [0.15, 0.2) is 11.5 Å². The molecule has 2 saturated carbocycles. The summed E-state index contributed by atoms with van der Waals surface area (Å²) in [4.78, 5) is 15.3. The number of methoxy groups -OCH3 is 2. The quantitative estimate of drug-likeness (QED) is 0.615. The largest absolute Gasteiger partial charge is 0.493 e. The second-order valence-electron chi connectivity index (χ2n) is 9.39. The van der Waals surface area contributed by atoms with E-state index in [2.05, 4.69) is 24.3 Å². The minimum atomic E-state index is -0.109. The lowest BCUT2D eigenvalue weighted by Gasteiger charge is -2.43. The van der Waals surface area contributed by atoms with Crippen molar-refractivity contribution >= 4 is 5.91 Å². The molecule has 1 amide bonds. The molecular formula is C25H40N2O4. The molecule has 0 unspecified atom stereocenters. The maximum absolute atomic E-state index is 13.0. The van der Waals surface area contributed by atoms with E-state index < -0.39 is 0 Å². The minimum Gasteiger partial charge on any atom is -0.493 e. The molecule has 1 aromatic rings. The number of hydrogen-bond donors (Lipinski definition) is 1. The van der Waals surface area contributed by atoms with E-state index in [1.54, 1.807) is 26.4 Å². The standard InChI is InChI=1S/C25H40N2O4/c1-27(2)25(13-9-6-10-14-25)18-26-24(28)20-15-21(29-3)23(22(16-20)30-4)31-17-19-11-7-5-8-12-19/h15-16,19H,5-14,17-18H2,1-4H3,(H,26,28). The SMILES string of the molecule is COc1cc(C(=O)NCC2(N(C)C)CCCCC2)cc(OC)c1OCC1CCCCC1. The third kappa shape index (κ3) is 5.85. The van der Waals surface area contributed by atoms with E-state index in [1.807, 2.05) is 0 Å². The van der Waals surface area contributed by atoms with Gasteiger partial charge in [0.2, 0.25) is 5.75 Å². The van der Waals surface area contributed by atoms with Gasteiger partial charge in [-0.2, -0.15) is 0 Å². The monoisotopic (exact) mass is 432 g/mol. The first-order chi connectivity index (χ1) is 15.0. The number of benzene rings is 1. The van der Waals surface area contributed by atoms with Crippen LogP contribution < -0.4 is 19.5 Å². The molecule has 0 radical (unpaired) electrons. The molecule has 2 fully saturated rings. The Morgan fingerprint density at radius 1 is 1.00 bits per heavy atom. The molecule has 6 heteroatoms. The highest BCUT2D eigenvalue weighted by molar-refractivity contribution is 5.95. The van der Waals surface area contributed by atoms with E-state index in [1.165, 1.54) is 51.4 Å². The van der Waals surface area contributed by atoms with Crippen LogP contribution >= 0.6 is 0 Å². The zero-order valence-electron chi connectivity index (χ0n) is 19.8. The molecule has 0 atom stereocenters. The fourth-order valence-corrected chi connectivity index (χ4v) is 5.05. The van der Waals surface area contributed by atoms with Gasteiger partial charge in [0.25, 0.3) is 5.91 Å². The molecule has 0 saturated heterocycles. The summed E-state index contributed by atoms with van der Waals surface area (Å²) in [5.41, 5.74) is 0.564. The Morgan fingerprint density at radius 3 is 2.13 bits per heavy atom. The van der Waals surface area contributed by atoms with Crippen LogP contribution in [0.5, 0.6) is 17.2 Å². The van der Waals surface area contributed by atoms with Gasteiger partial charge in [-0.15, -0.1) is 0 Å². The predicted octanol–water partition coefficient (Wildman–Crippen LogP) is 4.66. The van der Waals surface area contributed by atoms with Crippen LogP contribution in [-0.4, -0.2) is 57.8 Å². The van der Waals surface area contributed by atoms with E-state index in [4.69, 9.17) is 14.2 Å². The number of carbonyl (C=O) groups is 1. The van der Waals surface area contributed by atoms with Crippen LogP contribution in [-0.2, 0) is 0 Å². The lowest BCUT2D eigenvalue weighted by molar-refractivity contribution is 0.0799. The van der Waals surface area contributed by atoms with Crippen LogP contribution in [0.2, 0.25) is 0 Å². The molecule has 0 spiro atoms. The Kier molecular flexibility index (Phi) is 8.47. The average Bonchev–Trinajstić information content (AvgIpc) is 2.81. The third-order valence-electron chi connectivity index (χ3n) is 7.22. The molecule has 174 valence electrons. The third-order valence-corrected chi connectivity index (χ3v) is 7.22. The first-order valence-corrected chi connectivity index (χ1v) is 11.8. The van der Waals surface area contributed by atoms with Crippen molar-refractivity contribution < 1.29 is 19.0 Å². The van der Waals surface area contributed by atoms with Crippen LogP contribution in [0.15, 0.2) is 12.1 Å². The Hall–Kier alpha value is -1.95. The zero-order valence-corrected chi connectivity index (χ0v) is 19.8. The van der Waals surface area contributed by atoms with E-state index in [0.717, 1.165) is 12.8 Å². The lowest BCUT2D eigenvalue weighted by Crippen LogP contribution is -2.53. The summed E-state index contributed by atoms with van der Waals surface area (Å²) in [7, 11) is 7.43. The summed E-state index contributed by atoms with van der Waals surface area (Å²) in [6.07, 6.45) is 12.2. The van der Waals surface area contributed by atoms with Crippen molar-refractivity contribution in [3.05, 3.63) is 17.7 Å². The van der Waals surface area contributed by atoms with Gasteiger partial charge in [-0.25, -0.2) is 0 Å². The van der Waals surface area contributed by atoms with Gasteiger partial charge < -0.3 is 24.4 Å². The lowest BCUT2D eigenvalue weighted by atomic mass is 9.80. The van der Waals surface area contributed by atoms with E-state index >= 15 is 0 Å². The van der Waals surface area contributed by atoms with Crippen molar-refractivity contribution in [2.75, 3.05) is 41.5 Å². The number of amides is 1. The molecule has 1 aromatic carbocycles. The highest BCUT2D eigenvalue weighted by Gasteiger charge is 2.34. The highest BCUT2D eigenvalue weighted by atomic mass is 16.5. The van der Waals surface area contributed by atoms with Crippen LogP contribution in [0, 0.1) is 5.92 Å². The first kappa shape index (κ1) is 23.7. The topological polar surface area (TPSA) is 60.0 Å². The molecule has 0 aliphatic heterocycles. The number of rotatable bonds is 9. The van der Waals surface area contributed by atoms with Gasteiger partial charge in [0.1, 0.15) is 0 Å². The second-order valence-corrected chi connectivity index (χ2v) is 9.39. The molecule has 0 bridgehead atoms. The summed E-state index contributed by atoms with van der Waals surface area (Å²) in [5.74, 6) is 2.14. The number of ether oxygens (including phenoxy) is 3. The molecule has 0 aromatic heterocycles. The molecule has 31 heavy (non-hydrogen) atoms. The van der Waals surface area contributed by atoms with Gasteiger partial charge >= 0.3 is 0 Å². The molecule has 6 nitrogen and oxygen atoms in total. The average molecular weight is 433 g/mol. The van der Waals surface area contributed by atoms with Crippen molar-refractivity contribution in [3.8, 4) is 17.2 Å². The number of nitrogens with one attached hydrogen (secondary N) is 1. The summed E-state index contributed by atoms with van der Waals surface area (Å²) in [5, 5.41) is 3.16. The van der Waals surface area contributed by atoms with Crippen LogP contribution in [0.3, 0.4) is 0 Å². The zero-order chi connectivity index (χ0) is 22.3. The summed E-state index contributed by atoms with van der Waals surface area (Å²) in [6, 6.07) is 3.52. The summed E-state index contributed by atoms with van der Waals surface area (Å²) < 4.78 is 17.3. The molecule has 2 aliphatic rings. The predicted molar refractivity (Wildman–Crippen MR) is 123 cm³/mol. The smallest absolute Gasteiger partial charge is 0.251 e. The summed E-state index contributed by atoms with van der Waals surface area (Å²) in [6.45, 7) is 1.30. The Labute approximate surface area is 187 Å². The Morgan fingerprint density at radius 2 is 1.58 bits per heavy atom. The van der Waals surface area contributed by atoms with Crippen molar-refractivity contribution in [1.82, 2.24) is 10.2 Å². The number of likely N-dealkylation sites (N-methyl/N-ethyl adjacent to an activating group) is 1. The highest BCUT2D eigenvalue weighted by Crippen LogP contribution is 2.39.